The zero-order valence-electron chi connectivity index (χ0n) is 6.69. The van der Waals surface area contributed by atoms with E-state index in [0.29, 0.717) is 9.32 Å². The SMILES string of the molecule is COc1ccc(I)c(S(=O)(=O)O)c1. The molecule has 0 saturated carbocycles. The van der Waals surface area contributed by atoms with Crippen LogP contribution in [0.5, 0.6) is 5.75 Å². The minimum absolute atomic E-state index is 0.132. The highest BCUT2D eigenvalue weighted by Gasteiger charge is 2.14. The van der Waals surface area contributed by atoms with Crippen molar-refractivity contribution in [2.45, 2.75) is 4.90 Å². The zero-order valence-corrected chi connectivity index (χ0v) is 9.66. The molecule has 0 atom stereocenters. The molecule has 13 heavy (non-hydrogen) atoms. The Morgan fingerprint density at radius 3 is 2.54 bits per heavy atom. The predicted octanol–water partition coefficient (Wildman–Crippen LogP) is 1.55. The molecule has 0 saturated heterocycles. The number of hydrogen-bond acceptors (Lipinski definition) is 3. The maximum absolute atomic E-state index is 10.8. The second kappa shape index (κ2) is 3.81. The van der Waals surface area contributed by atoms with E-state index in [1.165, 1.54) is 13.2 Å². The smallest absolute Gasteiger partial charge is 0.295 e. The van der Waals surface area contributed by atoms with Crippen molar-refractivity contribution in [2.24, 2.45) is 0 Å². The maximum Gasteiger partial charge on any atom is 0.295 e. The van der Waals surface area contributed by atoms with Crippen molar-refractivity contribution in [3.8, 4) is 5.75 Å². The van der Waals surface area contributed by atoms with Gasteiger partial charge in [-0.2, -0.15) is 8.42 Å². The minimum atomic E-state index is -4.15. The van der Waals surface area contributed by atoms with Crippen molar-refractivity contribution in [2.75, 3.05) is 7.11 Å². The second-order valence-corrected chi connectivity index (χ2v) is 4.82. The van der Waals surface area contributed by atoms with Crippen LogP contribution in [0.2, 0.25) is 0 Å². The van der Waals surface area contributed by atoms with E-state index in [4.69, 9.17) is 9.29 Å². The highest BCUT2D eigenvalue weighted by atomic mass is 127. The fourth-order valence-electron chi connectivity index (χ4n) is 0.808. The summed E-state index contributed by atoms with van der Waals surface area (Å²) in [4.78, 5) is -0.132. The molecule has 4 nitrogen and oxygen atoms in total. The summed E-state index contributed by atoms with van der Waals surface area (Å²) in [6.07, 6.45) is 0. The highest BCUT2D eigenvalue weighted by molar-refractivity contribution is 14.1. The molecule has 1 aromatic rings. The van der Waals surface area contributed by atoms with Gasteiger partial charge in [0, 0.05) is 9.64 Å². The third-order valence-corrected chi connectivity index (χ3v) is 3.62. The van der Waals surface area contributed by atoms with Gasteiger partial charge in [0.2, 0.25) is 0 Å². The van der Waals surface area contributed by atoms with Gasteiger partial charge in [-0.05, 0) is 34.7 Å². The first-order chi connectivity index (χ1) is 5.95. The van der Waals surface area contributed by atoms with Gasteiger partial charge < -0.3 is 4.74 Å². The molecule has 0 aromatic heterocycles. The molecule has 0 spiro atoms. The number of benzene rings is 1. The van der Waals surface area contributed by atoms with Crippen LogP contribution in [-0.2, 0) is 10.1 Å². The maximum atomic E-state index is 10.8. The predicted molar refractivity (Wildman–Crippen MR) is 55.5 cm³/mol. The van der Waals surface area contributed by atoms with Gasteiger partial charge in [-0.1, -0.05) is 0 Å². The van der Waals surface area contributed by atoms with E-state index in [-0.39, 0.29) is 4.90 Å². The van der Waals surface area contributed by atoms with Crippen LogP contribution in [0.3, 0.4) is 0 Å². The lowest BCUT2D eigenvalue weighted by Crippen LogP contribution is -2.01. The molecule has 0 aliphatic heterocycles. The van der Waals surface area contributed by atoms with Gasteiger partial charge in [-0.15, -0.1) is 0 Å². The molecular weight excluding hydrogens is 307 g/mol. The first kappa shape index (κ1) is 10.7. The molecule has 0 aliphatic rings. The molecule has 0 aliphatic carbocycles. The van der Waals surface area contributed by atoms with Gasteiger partial charge in [0.15, 0.2) is 0 Å². The Labute approximate surface area is 89.8 Å². The lowest BCUT2D eigenvalue weighted by Gasteiger charge is -2.03. The lowest BCUT2D eigenvalue weighted by molar-refractivity contribution is 0.412. The van der Waals surface area contributed by atoms with Crippen LogP contribution in [0.15, 0.2) is 23.1 Å². The molecule has 0 fully saturated rings. The Bertz CT molecular complexity index is 413. The van der Waals surface area contributed by atoms with Crippen molar-refractivity contribution in [1.29, 1.82) is 0 Å². The number of halogens is 1. The summed E-state index contributed by atoms with van der Waals surface area (Å²) in [5.41, 5.74) is 0. The number of ether oxygens (including phenoxy) is 1. The van der Waals surface area contributed by atoms with Crippen LogP contribution in [0.25, 0.3) is 0 Å². The molecule has 1 N–H and O–H groups in total. The second-order valence-electron chi connectivity index (χ2n) is 2.27. The molecule has 1 aromatic carbocycles. The van der Waals surface area contributed by atoms with E-state index in [1.807, 2.05) is 22.6 Å². The third kappa shape index (κ3) is 2.55. The fraction of sp³-hybridized carbons (Fsp3) is 0.143. The molecule has 0 amide bonds. The molecular formula is C7H7IO4S. The van der Waals surface area contributed by atoms with Crippen molar-refractivity contribution in [3.63, 3.8) is 0 Å². The molecule has 1 rings (SSSR count). The van der Waals surface area contributed by atoms with Crippen molar-refractivity contribution >= 4 is 32.7 Å². The van der Waals surface area contributed by atoms with Crippen LogP contribution >= 0.6 is 22.6 Å². The van der Waals surface area contributed by atoms with Crippen molar-refractivity contribution in [1.82, 2.24) is 0 Å². The summed E-state index contributed by atoms with van der Waals surface area (Å²) in [6.45, 7) is 0. The summed E-state index contributed by atoms with van der Waals surface area (Å²) >= 11 is 1.82. The monoisotopic (exact) mass is 314 g/mol. The number of methoxy groups -OCH3 is 1. The molecule has 0 radical (unpaired) electrons. The van der Waals surface area contributed by atoms with Gasteiger partial charge in [0.05, 0.1) is 7.11 Å². The Kier molecular flexibility index (Phi) is 3.14. The van der Waals surface area contributed by atoms with Gasteiger partial charge in [-0.3, -0.25) is 4.55 Å². The Morgan fingerprint density at radius 2 is 2.08 bits per heavy atom. The quantitative estimate of drug-likeness (QED) is 0.664. The van der Waals surface area contributed by atoms with Gasteiger partial charge in [0.1, 0.15) is 10.6 Å². The molecule has 0 heterocycles. The fourth-order valence-corrected chi connectivity index (χ4v) is 2.56. The van der Waals surface area contributed by atoms with E-state index in [0.717, 1.165) is 0 Å². The van der Waals surface area contributed by atoms with Crippen molar-refractivity contribution < 1.29 is 17.7 Å². The third-order valence-electron chi connectivity index (χ3n) is 1.42. The summed E-state index contributed by atoms with van der Waals surface area (Å²) in [6, 6.07) is 4.45. The van der Waals surface area contributed by atoms with Crippen LogP contribution < -0.4 is 4.74 Å². The molecule has 0 unspecified atom stereocenters. The molecule has 0 bridgehead atoms. The lowest BCUT2D eigenvalue weighted by atomic mass is 10.3. The van der Waals surface area contributed by atoms with E-state index < -0.39 is 10.1 Å². The molecule has 72 valence electrons. The zero-order chi connectivity index (χ0) is 10.1. The van der Waals surface area contributed by atoms with Gasteiger partial charge in [-0.25, -0.2) is 0 Å². The Balaban J connectivity index is 3.36. The minimum Gasteiger partial charge on any atom is -0.497 e. The van der Waals surface area contributed by atoms with E-state index in [2.05, 4.69) is 0 Å². The van der Waals surface area contributed by atoms with Crippen LogP contribution in [0.4, 0.5) is 0 Å². The highest BCUT2D eigenvalue weighted by Crippen LogP contribution is 2.22. The van der Waals surface area contributed by atoms with E-state index in [9.17, 15) is 8.42 Å². The summed E-state index contributed by atoms with van der Waals surface area (Å²) in [7, 11) is -2.73. The van der Waals surface area contributed by atoms with E-state index >= 15 is 0 Å². The summed E-state index contributed by atoms with van der Waals surface area (Å²) in [5.74, 6) is 0.396. The summed E-state index contributed by atoms with van der Waals surface area (Å²) < 4.78 is 35.7. The first-order valence-corrected chi connectivity index (χ1v) is 5.78. The van der Waals surface area contributed by atoms with Crippen LogP contribution in [-0.4, -0.2) is 20.1 Å². The van der Waals surface area contributed by atoms with Gasteiger partial charge >= 0.3 is 0 Å². The average Bonchev–Trinajstić information content (AvgIpc) is 2.03. The van der Waals surface area contributed by atoms with Crippen LogP contribution in [0, 0.1) is 3.57 Å². The van der Waals surface area contributed by atoms with Crippen molar-refractivity contribution in [3.05, 3.63) is 21.8 Å². The Morgan fingerprint density at radius 1 is 1.46 bits per heavy atom. The average molecular weight is 314 g/mol. The first-order valence-electron chi connectivity index (χ1n) is 3.26. The summed E-state index contributed by atoms with van der Waals surface area (Å²) in [5, 5.41) is 0. The topological polar surface area (TPSA) is 63.6 Å². The normalized spacial score (nSPS) is 11.3. The number of hydrogen-bond donors (Lipinski definition) is 1. The standard InChI is InChI=1S/C7H7IO4S/c1-12-5-2-3-6(8)7(4-5)13(9,10)11/h2-4H,1H3,(H,9,10,11). The number of rotatable bonds is 2. The largest absolute Gasteiger partial charge is 0.497 e. The van der Waals surface area contributed by atoms with Gasteiger partial charge in [0.25, 0.3) is 10.1 Å². The van der Waals surface area contributed by atoms with Crippen LogP contribution in [0.1, 0.15) is 0 Å². The van der Waals surface area contributed by atoms with E-state index in [1.54, 1.807) is 12.1 Å². The molecule has 6 heteroatoms. The Hall–Kier alpha value is -0.340.